The van der Waals surface area contributed by atoms with Crippen LogP contribution in [0.3, 0.4) is 0 Å². The largest absolute Gasteiger partial charge is 0.490 e. The van der Waals surface area contributed by atoms with Crippen molar-refractivity contribution >= 4 is 0 Å². The summed E-state index contributed by atoms with van der Waals surface area (Å²) in [6.07, 6.45) is -0.502. The van der Waals surface area contributed by atoms with Gasteiger partial charge < -0.3 is 15.2 Å². The lowest BCUT2D eigenvalue weighted by molar-refractivity contribution is 0.0637. The van der Waals surface area contributed by atoms with Crippen molar-refractivity contribution in [2.24, 2.45) is 0 Å². The lowest BCUT2D eigenvalue weighted by Gasteiger charge is -2.29. The molecule has 1 unspecified atom stereocenters. The Balaban J connectivity index is 1.89. The number of nitrogens with one attached hydrogen (secondary N) is 1. The van der Waals surface area contributed by atoms with Gasteiger partial charge in [-0.2, -0.15) is 5.26 Å². The molecule has 1 aromatic carbocycles. The van der Waals surface area contributed by atoms with Gasteiger partial charge in [0.05, 0.1) is 11.6 Å². The molecule has 5 heteroatoms. The Kier molecular flexibility index (Phi) is 5.57. The number of hydrogen-bond acceptors (Lipinski definition) is 5. The van der Waals surface area contributed by atoms with Crippen LogP contribution >= 0.6 is 0 Å². The predicted octanol–water partition coefficient (Wildman–Crippen LogP) is 0.820. The molecule has 1 heterocycles. The van der Waals surface area contributed by atoms with E-state index in [1.54, 1.807) is 0 Å². The predicted molar refractivity (Wildman–Crippen MR) is 81.4 cm³/mol. The molecule has 1 aromatic rings. The molecule has 1 aliphatic rings. The van der Waals surface area contributed by atoms with E-state index in [4.69, 9.17) is 10.00 Å². The van der Waals surface area contributed by atoms with E-state index in [2.05, 4.69) is 16.3 Å². The summed E-state index contributed by atoms with van der Waals surface area (Å²) in [6, 6.07) is 5.76. The third-order valence-corrected chi connectivity index (χ3v) is 3.69. The number of hydrogen-bond donors (Lipinski definition) is 2. The topological polar surface area (TPSA) is 68.5 Å². The van der Waals surface area contributed by atoms with E-state index >= 15 is 0 Å². The summed E-state index contributed by atoms with van der Waals surface area (Å²) in [7, 11) is 0. The second-order valence-electron chi connectivity index (χ2n) is 5.57. The quantitative estimate of drug-likeness (QED) is 0.840. The van der Waals surface area contributed by atoms with Crippen molar-refractivity contribution in [2.45, 2.75) is 20.0 Å². The lowest BCUT2D eigenvalue weighted by Crippen LogP contribution is -2.47. The minimum absolute atomic E-state index is 0.275. The molecule has 0 bridgehead atoms. The smallest absolute Gasteiger partial charge is 0.125 e. The Labute approximate surface area is 126 Å². The van der Waals surface area contributed by atoms with Gasteiger partial charge in [0.15, 0.2) is 0 Å². The summed E-state index contributed by atoms with van der Waals surface area (Å²) in [4.78, 5) is 2.24. The highest BCUT2D eigenvalue weighted by Crippen LogP contribution is 2.24. The molecule has 1 atom stereocenters. The zero-order valence-electron chi connectivity index (χ0n) is 12.7. The molecule has 0 spiro atoms. The van der Waals surface area contributed by atoms with Crippen LogP contribution in [0, 0.1) is 25.2 Å². The standard InChI is InChI=1S/C16H23N3O2/c1-12-7-14(9-17)8-13(2)16(12)21-11-15(20)10-19-5-3-18-4-6-19/h7-8,15,18,20H,3-6,10-11H2,1-2H3. The van der Waals surface area contributed by atoms with Gasteiger partial charge in [-0.15, -0.1) is 0 Å². The summed E-state index contributed by atoms with van der Waals surface area (Å²) in [5.41, 5.74) is 2.50. The third kappa shape index (κ3) is 4.43. The van der Waals surface area contributed by atoms with Crippen molar-refractivity contribution in [1.29, 1.82) is 5.26 Å². The Hall–Kier alpha value is -1.61. The number of benzene rings is 1. The minimum atomic E-state index is -0.502. The Bertz CT molecular complexity index is 496. The minimum Gasteiger partial charge on any atom is -0.490 e. The average molecular weight is 289 g/mol. The van der Waals surface area contributed by atoms with Crippen LogP contribution in [0.5, 0.6) is 5.75 Å². The maximum absolute atomic E-state index is 10.1. The van der Waals surface area contributed by atoms with E-state index in [0.29, 0.717) is 12.1 Å². The molecule has 2 N–H and O–H groups in total. The van der Waals surface area contributed by atoms with Gasteiger partial charge in [-0.3, -0.25) is 4.90 Å². The number of piperazine rings is 1. The molecule has 5 nitrogen and oxygen atoms in total. The maximum atomic E-state index is 10.1. The van der Waals surface area contributed by atoms with Crippen molar-refractivity contribution in [3.8, 4) is 11.8 Å². The van der Waals surface area contributed by atoms with Crippen LogP contribution < -0.4 is 10.1 Å². The molecule has 0 saturated carbocycles. The van der Waals surface area contributed by atoms with Gasteiger partial charge in [0, 0.05) is 32.7 Å². The van der Waals surface area contributed by atoms with Crippen molar-refractivity contribution in [1.82, 2.24) is 10.2 Å². The van der Waals surface area contributed by atoms with Crippen LogP contribution in [-0.2, 0) is 0 Å². The Morgan fingerprint density at radius 1 is 1.33 bits per heavy atom. The number of nitriles is 1. The highest BCUT2D eigenvalue weighted by Gasteiger charge is 2.15. The van der Waals surface area contributed by atoms with E-state index in [0.717, 1.165) is 43.1 Å². The van der Waals surface area contributed by atoms with Gasteiger partial charge in [-0.1, -0.05) is 0 Å². The average Bonchev–Trinajstić information content (AvgIpc) is 2.47. The zero-order chi connectivity index (χ0) is 15.2. The molecule has 2 rings (SSSR count). The summed E-state index contributed by atoms with van der Waals surface area (Å²) in [6.45, 7) is 8.63. The van der Waals surface area contributed by atoms with E-state index in [1.165, 1.54) is 0 Å². The van der Waals surface area contributed by atoms with Crippen molar-refractivity contribution < 1.29 is 9.84 Å². The van der Waals surface area contributed by atoms with Gasteiger partial charge in [0.1, 0.15) is 18.5 Å². The van der Waals surface area contributed by atoms with Crippen LogP contribution in [0.1, 0.15) is 16.7 Å². The van der Waals surface area contributed by atoms with Crippen molar-refractivity contribution in [3.05, 3.63) is 28.8 Å². The molecule has 114 valence electrons. The zero-order valence-corrected chi connectivity index (χ0v) is 12.7. The Morgan fingerprint density at radius 3 is 2.52 bits per heavy atom. The molecule has 1 saturated heterocycles. The monoisotopic (exact) mass is 289 g/mol. The van der Waals surface area contributed by atoms with Gasteiger partial charge in [0.2, 0.25) is 0 Å². The fourth-order valence-electron chi connectivity index (χ4n) is 2.67. The molecule has 21 heavy (non-hydrogen) atoms. The first-order valence-corrected chi connectivity index (χ1v) is 7.35. The fraction of sp³-hybridized carbons (Fsp3) is 0.562. The molecular formula is C16H23N3O2. The number of aliphatic hydroxyl groups is 1. The second-order valence-corrected chi connectivity index (χ2v) is 5.57. The molecule has 1 aliphatic heterocycles. The summed E-state index contributed by atoms with van der Waals surface area (Å²) >= 11 is 0. The van der Waals surface area contributed by atoms with Gasteiger partial charge in [0.25, 0.3) is 0 Å². The number of ether oxygens (including phenoxy) is 1. The molecule has 0 aliphatic carbocycles. The van der Waals surface area contributed by atoms with E-state index < -0.39 is 6.10 Å². The highest BCUT2D eigenvalue weighted by molar-refractivity contribution is 5.47. The second kappa shape index (κ2) is 7.41. The first-order chi connectivity index (χ1) is 10.1. The normalized spacial score (nSPS) is 17.2. The van der Waals surface area contributed by atoms with E-state index in [1.807, 2.05) is 26.0 Å². The fourth-order valence-corrected chi connectivity index (χ4v) is 2.67. The van der Waals surface area contributed by atoms with Gasteiger partial charge in [-0.25, -0.2) is 0 Å². The first kappa shape index (κ1) is 15.8. The number of aliphatic hydroxyl groups excluding tert-OH is 1. The molecule has 0 amide bonds. The Morgan fingerprint density at radius 2 is 1.95 bits per heavy atom. The number of nitrogens with zero attached hydrogens (tertiary/aromatic N) is 2. The lowest BCUT2D eigenvalue weighted by atomic mass is 10.1. The van der Waals surface area contributed by atoms with Crippen molar-refractivity contribution in [2.75, 3.05) is 39.3 Å². The molecular weight excluding hydrogens is 266 g/mol. The van der Waals surface area contributed by atoms with Crippen LogP contribution in [-0.4, -0.2) is 55.4 Å². The SMILES string of the molecule is Cc1cc(C#N)cc(C)c1OCC(O)CN1CCNCC1. The number of β-amino-alcohol motifs (C(OH)–C–C–N with tert-alkyl or cyclic N) is 1. The summed E-state index contributed by atoms with van der Waals surface area (Å²) < 4.78 is 5.77. The summed E-state index contributed by atoms with van der Waals surface area (Å²) in [5.74, 6) is 0.772. The van der Waals surface area contributed by atoms with Crippen LogP contribution in [0.15, 0.2) is 12.1 Å². The van der Waals surface area contributed by atoms with Gasteiger partial charge >= 0.3 is 0 Å². The van der Waals surface area contributed by atoms with Crippen LogP contribution in [0.2, 0.25) is 0 Å². The number of rotatable bonds is 5. The first-order valence-electron chi connectivity index (χ1n) is 7.35. The third-order valence-electron chi connectivity index (χ3n) is 3.69. The molecule has 1 fully saturated rings. The van der Waals surface area contributed by atoms with E-state index in [-0.39, 0.29) is 6.61 Å². The molecule has 0 radical (unpaired) electrons. The van der Waals surface area contributed by atoms with Gasteiger partial charge in [-0.05, 0) is 37.1 Å². The van der Waals surface area contributed by atoms with Crippen molar-refractivity contribution in [3.63, 3.8) is 0 Å². The maximum Gasteiger partial charge on any atom is 0.125 e. The van der Waals surface area contributed by atoms with E-state index in [9.17, 15) is 5.11 Å². The van der Waals surface area contributed by atoms with Crippen LogP contribution in [0.25, 0.3) is 0 Å². The number of aryl methyl sites for hydroxylation is 2. The van der Waals surface area contributed by atoms with Crippen LogP contribution in [0.4, 0.5) is 0 Å². The summed E-state index contributed by atoms with van der Waals surface area (Å²) in [5, 5.41) is 22.3. The highest BCUT2D eigenvalue weighted by atomic mass is 16.5. The molecule has 0 aromatic heterocycles.